The molecule has 1 saturated carbocycles. The van der Waals surface area contributed by atoms with Crippen molar-refractivity contribution in [2.24, 2.45) is 11.3 Å². The van der Waals surface area contributed by atoms with Gasteiger partial charge in [0.2, 0.25) is 17.7 Å². The van der Waals surface area contributed by atoms with Crippen LogP contribution in [-0.2, 0) is 9.59 Å². The first-order valence-corrected chi connectivity index (χ1v) is 12.8. The number of rotatable bonds is 5. The van der Waals surface area contributed by atoms with E-state index in [0.29, 0.717) is 25.9 Å². The van der Waals surface area contributed by atoms with E-state index in [1.807, 2.05) is 24.1 Å². The molecule has 3 aliphatic heterocycles. The summed E-state index contributed by atoms with van der Waals surface area (Å²) in [5.41, 5.74) is 0.631. The van der Waals surface area contributed by atoms with Crippen LogP contribution in [0.4, 0.5) is 18.9 Å². The summed E-state index contributed by atoms with van der Waals surface area (Å²) in [4.78, 5) is 34.1. The molecule has 1 aromatic rings. The van der Waals surface area contributed by atoms with Crippen LogP contribution in [0.1, 0.15) is 38.5 Å². The molecule has 0 bridgehead atoms. The summed E-state index contributed by atoms with van der Waals surface area (Å²) in [6, 6.07) is 6.83. The minimum atomic E-state index is -2.69. The van der Waals surface area contributed by atoms with Gasteiger partial charge < -0.3 is 14.7 Å². The second-order valence-electron chi connectivity index (χ2n) is 10.9. The minimum Gasteiger partial charge on any atom is -0.369 e. The van der Waals surface area contributed by atoms with Gasteiger partial charge in [-0.3, -0.25) is 14.5 Å². The number of amides is 2. The zero-order chi connectivity index (χ0) is 24.8. The summed E-state index contributed by atoms with van der Waals surface area (Å²) in [7, 11) is 1.89. The quantitative estimate of drug-likeness (QED) is 0.634. The summed E-state index contributed by atoms with van der Waals surface area (Å²) >= 11 is 0. The standard InChI is InChI=1S/C26H35F3N4O2/c1-30-22(6-9-31-12-14-32(15-13-31)21-4-2-20(27)3-5-21)18-25(24(30)35)7-10-33(11-8-25)23(34)19-16-26(28,29)17-19/h2-5,19,22H,6-18H2,1H3/t22-/m0/s1. The van der Waals surface area contributed by atoms with Crippen LogP contribution in [0.3, 0.4) is 0 Å². The van der Waals surface area contributed by atoms with E-state index in [0.717, 1.165) is 51.3 Å². The van der Waals surface area contributed by atoms with Crippen LogP contribution in [0.25, 0.3) is 0 Å². The molecule has 1 aromatic carbocycles. The molecule has 192 valence electrons. The van der Waals surface area contributed by atoms with Crippen LogP contribution in [0.2, 0.25) is 0 Å². The van der Waals surface area contributed by atoms with Gasteiger partial charge in [0.1, 0.15) is 5.82 Å². The lowest BCUT2D eigenvalue weighted by molar-refractivity contribution is -0.162. The van der Waals surface area contributed by atoms with E-state index in [9.17, 15) is 22.8 Å². The number of carbonyl (C=O) groups excluding carboxylic acids is 2. The van der Waals surface area contributed by atoms with E-state index in [4.69, 9.17) is 0 Å². The summed E-state index contributed by atoms with van der Waals surface area (Å²) in [5.74, 6) is -3.47. The number of nitrogens with zero attached hydrogens (tertiary/aromatic N) is 4. The van der Waals surface area contributed by atoms with Crippen molar-refractivity contribution in [1.29, 1.82) is 0 Å². The van der Waals surface area contributed by atoms with Gasteiger partial charge in [-0.25, -0.2) is 13.2 Å². The Bertz CT molecular complexity index is 932. The first-order chi connectivity index (χ1) is 16.7. The van der Waals surface area contributed by atoms with E-state index < -0.39 is 17.3 Å². The zero-order valence-electron chi connectivity index (χ0n) is 20.4. The van der Waals surface area contributed by atoms with Crippen LogP contribution in [0.15, 0.2) is 24.3 Å². The highest BCUT2D eigenvalue weighted by atomic mass is 19.3. The van der Waals surface area contributed by atoms with Crippen LogP contribution < -0.4 is 4.90 Å². The molecule has 0 N–H and O–H groups in total. The number of piperazine rings is 1. The molecule has 3 saturated heterocycles. The van der Waals surface area contributed by atoms with E-state index in [2.05, 4.69) is 9.80 Å². The fourth-order valence-electron chi connectivity index (χ4n) is 6.39. The van der Waals surface area contributed by atoms with Crippen LogP contribution in [0, 0.1) is 17.2 Å². The molecular formula is C26H35F3N4O2. The Hall–Kier alpha value is -2.29. The molecule has 1 atom stereocenters. The molecule has 6 nitrogen and oxygen atoms in total. The second-order valence-corrected chi connectivity index (χ2v) is 10.9. The van der Waals surface area contributed by atoms with Gasteiger partial charge in [0, 0.05) is 83.3 Å². The first-order valence-electron chi connectivity index (χ1n) is 12.8. The van der Waals surface area contributed by atoms with Gasteiger partial charge in [-0.05, 0) is 49.9 Å². The van der Waals surface area contributed by atoms with Gasteiger partial charge >= 0.3 is 0 Å². The smallest absolute Gasteiger partial charge is 0.249 e. The number of alkyl halides is 2. The molecule has 0 aromatic heterocycles. The van der Waals surface area contributed by atoms with Gasteiger partial charge in [-0.15, -0.1) is 0 Å². The van der Waals surface area contributed by atoms with Crippen molar-refractivity contribution in [1.82, 2.24) is 14.7 Å². The average Bonchev–Trinajstić information content (AvgIpc) is 3.06. The van der Waals surface area contributed by atoms with Crippen LogP contribution in [-0.4, -0.2) is 91.3 Å². The topological polar surface area (TPSA) is 47.1 Å². The largest absolute Gasteiger partial charge is 0.369 e. The number of halogens is 3. The predicted octanol–water partition coefficient (Wildman–Crippen LogP) is 3.22. The Morgan fingerprint density at radius 1 is 0.971 bits per heavy atom. The van der Waals surface area contributed by atoms with Crippen molar-refractivity contribution in [3.8, 4) is 0 Å². The number of anilines is 1. The highest BCUT2D eigenvalue weighted by Crippen LogP contribution is 2.47. The second kappa shape index (κ2) is 9.30. The number of hydrogen-bond donors (Lipinski definition) is 0. The maximum absolute atomic E-state index is 13.2. The third-order valence-electron chi connectivity index (χ3n) is 8.76. The minimum absolute atomic E-state index is 0.166. The maximum Gasteiger partial charge on any atom is 0.249 e. The summed E-state index contributed by atoms with van der Waals surface area (Å²) in [6.07, 6.45) is 2.29. The summed E-state index contributed by atoms with van der Waals surface area (Å²) in [5, 5.41) is 0. The molecule has 0 radical (unpaired) electrons. The molecule has 1 aliphatic carbocycles. The molecule has 35 heavy (non-hydrogen) atoms. The Morgan fingerprint density at radius 2 is 1.60 bits per heavy atom. The number of likely N-dealkylation sites (tertiary alicyclic amines) is 2. The fraction of sp³-hybridized carbons (Fsp3) is 0.692. The van der Waals surface area contributed by atoms with Gasteiger partial charge in [0.05, 0.1) is 5.41 Å². The van der Waals surface area contributed by atoms with Crippen LogP contribution in [0.5, 0.6) is 0 Å². The zero-order valence-corrected chi connectivity index (χ0v) is 20.4. The summed E-state index contributed by atoms with van der Waals surface area (Å²) in [6.45, 7) is 5.55. The predicted molar refractivity (Wildman–Crippen MR) is 127 cm³/mol. The molecule has 4 aliphatic rings. The van der Waals surface area contributed by atoms with Gasteiger partial charge in [-0.2, -0.15) is 0 Å². The number of benzene rings is 1. The van der Waals surface area contributed by atoms with Crippen molar-refractivity contribution in [2.45, 2.75) is 50.5 Å². The Balaban J connectivity index is 1.08. The van der Waals surface area contributed by atoms with E-state index in [1.54, 1.807) is 4.90 Å². The van der Waals surface area contributed by atoms with Crippen molar-refractivity contribution in [3.63, 3.8) is 0 Å². The molecule has 9 heteroatoms. The molecule has 3 heterocycles. The van der Waals surface area contributed by atoms with Gasteiger partial charge in [0.15, 0.2) is 0 Å². The highest BCUT2D eigenvalue weighted by Gasteiger charge is 2.54. The number of hydrogen-bond acceptors (Lipinski definition) is 4. The Kier molecular flexibility index (Phi) is 6.48. The lowest BCUT2D eigenvalue weighted by atomic mass is 9.74. The van der Waals surface area contributed by atoms with Crippen molar-refractivity contribution in [3.05, 3.63) is 30.1 Å². The maximum atomic E-state index is 13.2. The SMILES string of the molecule is CN1C(=O)C2(CCN(C(=O)C3CC(F)(F)C3)CC2)C[C@@H]1CCN1CCN(c2ccc(F)cc2)CC1. The van der Waals surface area contributed by atoms with Gasteiger partial charge in [-0.1, -0.05) is 0 Å². The number of piperidine rings is 1. The van der Waals surface area contributed by atoms with Crippen molar-refractivity contribution < 1.29 is 22.8 Å². The van der Waals surface area contributed by atoms with Gasteiger partial charge in [0.25, 0.3) is 0 Å². The van der Waals surface area contributed by atoms with Crippen molar-refractivity contribution in [2.75, 3.05) is 57.8 Å². The highest BCUT2D eigenvalue weighted by molar-refractivity contribution is 5.86. The molecule has 1 spiro atoms. The molecular weight excluding hydrogens is 457 g/mol. The average molecular weight is 493 g/mol. The molecule has 4 fully saturated rings. The molecule has 2 amide bonds. The first kappa shape index (κ1) is 24.4. The van der Waals surface area contributed by atoms with E-state index in [-0.39, 0.29) is 36.5 Å². The molecule has 5 rings (SSSR count). The Labute approximate surface area is 205 Å². The van der Waals surface area contributed by atoms with Crippen LogP contribution >= 0.6 is 0 Å². The third kappa shape index (κ3) is 4.88. The van der Waals surface area contributed by atoms with Crippen molar-refractivity contribution >= 4 is 17.5 Å². The summed E-state index contributed by atoms with van der Waals surface area (Å²) < 4.78 is 39.5. The monoisotopic (exact) mass is 492 g/mol. The lowest BCUT2D eigenvalue weighted by Gasteiger charge is -2.42. The number of carbonyl (C=O) groups is 2. The normalized spacial score (nSPS) is 26.9. The molecule has 0 unspecified atom stereocenters. The fourth-order valence-corrected chi connectivity index (χ4v) is 6.39. The Morgan fingerprint density at radius 3 is 2.20 bits per heavy atom. The van der Waals surface area contributed by atoms with E-state index >= 15 is 0 Å². The van der Waals surface area contributed by atoms with E-state index in [1.165, 1.54) is 12.1 Å². The lowest BCUT2D eigenvalue weighted by Crippen LogP contribution is -2.51. The third-order valence-corrected chi connectivity index (χ3v) is 8.76.